The van der Waals surface area contributed by atoms with Crippen LogP contribution in [0.15, 0.2) is 51.8 Å². The van der Waals surface area contributed by atoms with Crippen LogP contribution in [-0.2, 0) is 16.1 Å². The summed E-state index contributed by atoms with van der Waals surface area (Å²) in [6.45, 7) is 0.723. The van der Waals surface area contributed by atoms with E-state index in [1.165, 1.54) is 24.4 Å². The first-order valence-corrected chi connectivity index (χ1v) is 8.76. The van der Waals surface area contributed by atoms with Crippen molar-refractivity contribution >= 4 is 39.3 Å². The molecule has 0 atom stereocenters. The summed E-state index contributed by atoms with van der Waals surface area (Å²) in [6.07, 6.45) is 0. The fourth-order valence-corrected chi connectivity index (χ4v) is 3.06. The van der Waals surface area contributed by atoms with Gasteiger partial charge in [-0.25, -0.2) is 0 Å². The second-order valence-electron chi connectivity index (χ2n) is 4.71. The first kappa shape index (κ1) is 17.7. The monoisotopic (exact) mass is 395 g/mol. The quantitative estimate of drug-likeness (QED) is 0.558. The summed E-state index contributed by atoms with van der Waals surface area (Å²) in [5.74, 6) is 0.738. The molecule has 0 saturated heterocycles. The number of esters is 1. The maximum atomic E-state index is 11.3. The minimum absolute atomic E-state index is 0.253. The summed E-state index contributed by atoms with van der Waals surface area (Å²) in [5, 5.41) is 3.37. The number of methoxy groups -OCH3 is 2. The number of thioether (sulfide) groups is 1. The molecule has 0 aliphatic carbocycles. The van der Waals surface area contributed by atoms with Gasteiger partial charge in [0.15, 0.2) is 0 Å². The van der Waals surface area contributed by atoms with Crippen molar-refractivity contribution in [3.8, 4) is 5.75 Å². The Bertz CT molecular complexity index is 661. The number of benzene rings is 2. The molecule has 122 valence electrons. The highest BCUT2D eigenvalue weighted by Crippen LogP contribution is 2.32. The van der Waals surface area contributed by atoms with Crippen LogP contribution in [0.2, 0.25) is 0 Å². The molecule has 0 bridgehead atoms. The lowest BCUT2D eigenvalue weighted by molar-refractivity contribution is -0.137. The van der Waals surface area contributed by atoms with Crippen LogP contribution in [0.3, 0.4) is 0 Å². The van der Waals surface area contributed by atoms with Crippen LogP contribution in [-0.4, -0.2) is 25.9 Å². The van der Waals surface area contributed by atoms with Gasteiger partial charge in [0.25, 0.3) is 0 Å². The van der Waals surface area contributed by atoms with Crippen LogP contribution in [0.4, 0.5) is 5.69 Å². The van der Waals surface area contributed by atoms with Crippen LogP contribution < -0.4 is 10.1 Å². The van der Waals surface area contributed by atoms with Gasteiger partial charge in [-0.15, -0.1) is 11.8 Å². The second kappa shape index (κ2) is 8.84. The van der Waals surface area contributed by atoms with Crippen molar-refractivity contribution in [2.24, 2.45) is 0 Å². The lowest BCUT2D eigenvalue weighted by Crippen LogP contribution is -2.04. The van der Waals surface area contributed by atoms with Crippen molar-refractivity contribution in [2.75, 3.05) is 25.3 Å². The topological polar surface area (TPSA) is 47.6 Å². The van der Waals surface area contributed by atoms with Gasteiger partial charge in [0.1, 0.15) is 5.75 Å². The summed E-state index contributed by atoms with van der Waals surface area (Å²) in [4.78, 5) is 12.2. The normalized spacial score (nSPS) is 10.2. The van der Waals surface area contributed by atoms with Gasteiger partial charge >= 0.3 is 5.97 Å². The highest BCUT2D eigenvalue weighted by molar-refractivity contribution is 9.10. The van der Waals surface area contributed by atoms with Gasteiger partial charge in [0.2, 0.25) is 0 Å². The molecule has 0 heterocycles. The summed E-state index contributed by atoms with van der Waals surface area (Å²) in [7, 11) is 3.00. The highest BCUT2D eigenvalue weighted by Gasteiger charge is 2.08. The number of hydrogen-bond acceptors (Lipinski definition) is 5. The number of carbonyl (C=O) groups excluding carboxylic acids is 1. The number of halogens is 1. The Morgan fingerprint density at radius 1 is 1.17 bits per heavy atom. The smallest absolute Gasteiger partial charge is 0.315 e. The lowest BCUT2D eigenvalue weighted by atomic mass is 10.2. The van der Waals surface area contributed by atoms with Crippen LogP contribution in [0.1, 0.15) is 5.56 Å². The van der Waals surface area contributed by atoms with Gasteiger partial charge in [0.05, 0.1) is 24.9 Å². The molecule has 0 unspecified atom stereocenters. The van der Waals surface area contributed by atoms with E-state index in [0.717, 1.165) is 27.3 Å². The first-order valence-electron chi connectivity index (χ1n) is 6.98. The van der Waals surface area contributed by atoms with E-state index >= 15 is 0 Å². The molecule has 0 aliphatic rings. The van der Waals surface area contributed by atoms with E-state index < -0.39 is 0 Å². The number of nitrogens with one attached hydrogen (secondary N) is 1. The van der Waals surface area contributed by atoms with Crippen molar-refractivity contribution in [3.05, 3.63) is 52.5 Å². The van der Waals surface area contributed by atoms with Gasteiger partial charge in [-0.2, -0.15) is 0 Å². The number of carbonyl (C=O) groups is 1. The standard InChI is InChI=1S/C17H18BrNO3S/c1-21-15-8-7-14(9-16(15)23-11-17(20)22-2)19-10-12-3-5-13(18)6-4-12/h3-9,19H,10-11H2,1-2H3. The van der Waals surface area contributed by atoms with Crippen molar-refractivity contribution in [1.82, 2.24) is 0 Å². The number of ether oxygens (including phenoxy) is 2. The van der Waals surface area contributed by atoms with E-state index in [9.17, 15) is 4.79 Å². The van der Waals surface area contributed by atoms with Crippen molar-refractivity contribution in [1.29, 1.82) is 0 Å². The molecule has 2 aromatic carbocycles. The number of hydrogen-bond donors (Lipinski definition) is 1. The molecule has 0 aromatic heterocycles. The predicted molar refractivity (Wildman–Crippen MR) is 97.2 cm³/mol. The highest BCUT2D eigenvalue weighted by atomic mass is 79.9. The van der Waals surface area contributed by atoms with E-state index in [1.807, 2.05) is 30.3 Å². The lowest BCUT2D eigenvalue weighted by Gasteiger charge is -2.12. The average Bonchev–Trinajstić information content (AvgIpc) is 2.59. The van der Waals surface area contributed by atoms with Gasteiger partial charge in [-0.3, -0.25) is 4.79 Å². The molecule has 0 spiro atoms. The average molecular weight is 396 g/mol. The Labute approximate surface area is 148 Å². The fourth-order valence-electron chi connectivity index (χ4n) is 1.90. The molecular formula is C17H18BrNO3S. The molecule has 6 heteroatoms. The van der Waals surface area contributed by atoms with Crippen LogP contribution in [0.5, 0.6) is 5.75 Å². The third-order valence-corrected chi connectivity index (χ3v) is 4.69. The zero-order valence-electron chi connectivity index (χ0n) is 13.0. The van der Waals surface area contributed by atoms with Crippen molar-refractivity contribution in [2.45, 2.75) is 11.4 Å². The molecule has 2 rings (SSSR count). The van der Waals surface area contributed by atoms with Gasteiger partial charge in [-0.05, 0) is 35.9 Å². The molecule has 0 saturated carbocycles. The van der Waals surface area contributed by atoms with E-state index in [0.29, 0.717) is 0 Å². The van der Waals surface area contributed by atoms with Gasteiger partial charge < -0.3 is 14.8 Å². The fraction of sp³-hybridized carbons (Fsp3) is 0.235. The Kier molecular flexibility index (Phi) is 6.80. The summed E-state index contributed by atoms with van der Waals surface area (Å²) < 4.78 is 11.1. The molecule has 1 N–H and O–H groups in total. The summed E-state index contributed by atoms with van der Waals surface area (Å²) in [6, 6.07) is 14.0. The van der Waals surface area contributed by atoms with E-state index in [2.05, 4.69) is 38.1 Å². The first-order chi connectivity index (χ1) is 11.1. The molecular weight excluding hydrogens is 378 g/mol. The van der Waals surface area contributed by atoms with E-state index in [4.69, 9.17) is 4.74 Å². The minimum Gasteiger partial charge on any atom is -0.496 e. The molecule has 2 aromatic rings. The largest absolute Gasteiger partial charge is 0.496 e. The van der Waals surface area contributed by atoms with Crippen LogP contribution in [0.25, 0.3) is 0 Å². The molecule has 0 fully saturated rings. The second-order valence-corrected chi connectivity index (χ2v) is 6.64. The Morgan fingerprint density at radius 3 is 2.57 bits per heavy atom. The third-order valence-electron chi connectivity index (χ3n) is 3.15. The zero-order valence-corrected chi connectivity index (χ0v) is 15.4. The number of anilines is 1. The van der Waals surface area contributed by atoms with Crippen LogP contribution >= 0.6 is 27.7 Å². The molecule has 4 nitrogen and oxygen atoms in total. The van der Waals surface area contributed by atoms with Crippen molar-refractivity contribution < 1.29 is 14.3 Å². The maximum absolute atomic E-state index is 11.3. The Hall–Kier alpha value is -1.66. The maximum Gasteiger partial charge on any atom is 0.315 e. The van der Waals surface area contributed by atoms with Crippen LogP contribution in [0, 0.1) is 0 Å². The zero-order chi connectivity index (χ0) is 16.7. The molecule has 23 heavy (non-hydrogen) atoms. The molecule has 0 aliphatic heterocycles. The molecule has 0 amide bonds. The summed E-state index contributed by atoms with van der Waals surface area (Å²) in [5.41, 5.74) is 2.16. The Balaban J connectivity index is 2.04. The van der Waals surface area contributed by atoms with E-state index in [-0.39, 0.29) is 11.7 Å². The summed E-state index contributed by atoms with van der Waals surface area (Å²) >= 11 is 4.82. The minimum atomic E-state index is -0.259. The van der Waals surface area contributed by atoms with Gasteiger partial charge in [0, 0.05) is 16.7 Å². The van der Waals surface area contributed by atoms with Crippen molar-refractivity contribution in [3.63, 3.8) is 0 Å². The Morgan fingerprint density at radius 2 is 1.91 bits per heavy atom. The van der Waals surface area contributed by atoms with Gasteiger partial charge in [-0.1, -0.05) is 28.1 Å². The SMILES string of the molecule is COC(=O)CSc1cc(NCc2ccc(Br)cc2)ccc1OC. The van der Waals surface area contributed by atoms with E-state index in [1.54, 1.807) is 7.11 Å². The molecule has 0 radical (unpaired) electrons. The number of rotatable bonds is 7. The third kappa shape index (κ3) is 5.48. The predicted octanol–water partition coefficient (Wildman–Crippen LogP) is 4.33.